The minimum atomic E-state index is -0.283. The topological polar surface area (TPSA) is 54.0 Å². The number of halogens is 2. The van der Waals surface area contributed by atoms with E-state index >= 15 is 0 Å². The second kappa shape index (κ2) is 8.34. The summed E-state index contributed by atoms with van der Waals surface area (Å²) >= 11 is 13.5. The average Bonchev–Trinajstić information content (AvgIpc) is 3.06. The van der Waals surface area contributed by atoms with Crippen LogP contribution in [0.25, 0.3) is 11.3 Å². The quantitative estimate of drug-likeness (QED) is 0.604. The Bertz CT molecular complexity index is 868. The van der Waals surface area contributed by atoms with E-state index in [0.29, 0.717) is 27.4 Å². The fraction of sp³-hybridized carbons (Fsp3) is 0.111. The maximum absolute atomic E-state index is 12.0. The molecule has 0 spiro atoms. The van der Waals surface area contributed by atoms with Crippen molar-refractivity contribution in [2.24, 2.45) is 0 Å². The van der Waals surface area contributed by atoms with Gasteiger partial charge in [0.15, 0.2) is 5.13 Å². The highest BCUT2D eigenvalue weighted by Crippen LogP contribution is 2.32. The summed E-state index contributed by atoms with van der Waals surface area (Å²) in [6.45, 7) is 0.550. The van der Waals surface area contributed by atoms with Crippen LogP contribution in [0.5, 0.6) is 0 Å². The number of hydrogen-bond acceptors (Lipinski definition) is 3. The summed E-state index contributed by atoms with van der Waals surface area (Å²) < 4.78 is 0. The molecule has 0 radical (unpaired) electrons. The highest BCUT2D eigenvalue weighted by molar-refractivity contribution is 7.14. The Balaban J connectivity index is 1.56. The van der Waals surface area contributed by atoms with Crippen LogP contribution >= 0.6 is 34.5 Å². The number of hydrogen-bond donors (Lipinski definition) is 2. The number of urea groups is 1. The largest absolute Gasteiger partial charge is 0.337 e. The van der Waals surface area contributed by atoms with Crippen LogP contribution in [-0.4, -0.2) is 17.6 Å². The van der Waals surface area contributed by atoms with Crippen molar-refractivity contribution >= 4 is 45.7 Å². The molecule has 0 saturated carbocycles. The van der Waals surface area contributed by atoms with Gasteiger partial charge in [-0.25, -0.2) is 9.78 Å². The van der Waals surface area contributed by atoms with Gasteiger partial charge in [0.05, 0.1) is 10.7 Å². The molecular formula is C18H15Cl2N3OS. The highest BCUT2D eigenvalue weighted by atomic mass is 35.5. The van der Waals surface area contributed by atoms with Crippen molar-refractivity contribution in [3.63, 3.8) is 0 Å². The molecule has 2 aromatic carbocycles. The van der Waals surface area contributed by atoms with Gasteiger partial charge in [-0.2, -0.15) is 0 Å². The Kier molecular flexibility index (Phi) is 5.91. The summed E-state index contributed by atoms with van der Waals surface area (Å²) in [4.78, 5) is 16.4. The smallest absolute Gasteiger partial charge is 0.321 e. The van der Waals surface area contributed by atoms with Crippen molar-refractivity contribution < 1.29 is 4.79 Å². The standard InChI is InChI=1S/C18H15Cl2N3OS/c19-13-6-7-15(20)14(10-13)16-11-25-18(22-16)23-17(24)21-9-8-12-4-2-1-3-5-12/h1-7,10-11H,8-9H2,(H2,21,22,23,24). The van der Waals surface area contributed by atoms with E-state index in [4.69, 9.17) is 23.2 Å². The molecule has 2 amide bonds. The van der Waals surface area contributed by atoms with Gasteiger partial charge in [-0.3, -0.25) is 5.32 Å². The highest BCUT2D eigenvalue weighted by Gasteiger charge is 2.11. The number of anilines is 1. The first-order chi connectivity index (χ1) is 12.1. The summed E-state index contributed by atoms with van der Waals surface area (Å²) in [7, 11) is 0. The monoisotopic (exact) mass is 391 g/mol. The summed E-state index contributed by atoms with van der Waals surface area (Å²) in [6.07, 6.45) is 0.773. The van der Waals surface area contributed by atoms with Crippen molar-refractivity contribution in [3.8, 4) is 11.3 Å². The van der Waals surface area contributed by atoms with Crippen LogP contribution in [0.2, 0.25) is 10.0 Å². The van der Waals surface area contributed by atoms with Gasteiger partial charge in [-0.15, -0.1) is 11.3 Å². The first-order valence-electron chi connectivity index (χ1n) is 7.61. The van der Waals surface area contributed by atoms with Crippen molar-refractivity contribution in [3.05, 3.63) is 69.5 Å². The molecule has 2 N–H and O–H groups in total. The van der Waals surface area contributed by atoms with Crippen LogP contribution in [0.4, 0.5) is 9.93 Å². The number of nitrogens with one attached hydrogen (secondary N) is 2. The van der Waals surface area contributed by atoms with E-state index in [1.54, 1.807) is 18.2 Å². The van der Waals surface area contributed by atoms with Crippen molar-refractivity contribution in [1.82, 2.24) is 10.3 Å². The molecule has 3 aromatic rings. The molecule has 0 unspecified atom stereocenters. The molecule has 3 rings (SSSR count). The molecule has 0 saturated heterocycles. The fourth-order valence-corrected chi connectivity index (χ4v) is 3.35. The molecule has 25 heavy (non-hydrogen) atoms. The molecule has 0 fully saturated rings. The molecule has 0 aliphatic carbocycles. The first kappa shape index (κ1) is 17.7. The number of aromatic nitrogens is 1. The molecule has 128 valence electrons. The van der Waals surface area contributed by atoms with Gasteiger partial charge in [0.1, 0.15) is 0 Å². The third-order valence-electron chi connectivity index (χ3n) is 3.47. The Morgan fingerprint density at radius 2 is 1.92 bits per heavy atom. The molecule has 4 nitrogen and oxygen atoms in total. The van der Waals surface area contributed by atoms with Gasteiger partial charge in [0.2, 0.25) is 0 Å². The number of carbonyl (C=O) groups is 1. The lowest BCUT2D eigenvalue weighted by Crippen LogP contribution is -2.30. The summed E-state index contributed by atoms with van der Waals surface area (Å²) in [5.41, 5.74) is 2.59. The van der Waals surface area contributed by atoms with Crippen LogP contribution in [0.1, 0.15) is 5.56 Å². The number of benzene rings is 2. The molecule has 7 heteroatoms. The molecule has 0 aliphatic heterocycles. The van der Waals surface area contributed by atoms with Crippen molar-refractivity contribution in [2.45, 2.75) is 6.42 Å². The zero-order valence-electron chi connectivity index (χ0n) is 13.1. The molecular weight excluding hydrogens is 377 g/mol. The Labute approximate surface area is 159 Å². The van der Waals surface area contributed by atoms with E-state index in [9.17, 15) is 4.79 Å². The Morgan fingerprint density at radius 3 is 2.72 bits per heavy atom. The van der Waals surface area contributed by atoms with Crippen molar-refractivity contribution in [1.29, 1.82) is 0 Å². The van der Waals surface area contributed by atoms with Crippen LogP contribution in [-0.2, 0) is 6.42 Å². The lowest BCUT2D eigenvalue weighted by molar-refractivity contribution is 0.252. The molecule has 0 atom stereocenters. The number of rotatable bonds is 5. The first-order valence-corrected chi connectivity index (χ1v) is 9.25. The maximum atomic E-state index is 12.0. The molecule has 0 bridgehead atoms. The Morgan fingerprint density at radius 1 is 1.12 bits per heavy atom. The van der Waals surface area contributed by atoms with Gasteiger partial charge >= 0.3 is 6.03 Å². The predicted octanol–water partition coefficient (Wildman–Crippen LogP) is 5.48. The summed E-state index contributed by atoms with van der Waals surface area (Å²) in [5, 5.41) is 9.03. The number of thiazole rings is 1. The fourth-order valence-electron chi connectivity index (χ4n) is 2.26. The van der Waals surface area contributed by atoms with E-state index in [-0.39, 0.29) is 6.03 Å². The number of nitrogens with zero attached hydrogens (tertiary/aromatic N) is 1. The summed E-state index contributed by atoms with van der Waals surface area (Å²) in [6, 6.07) is 14.9. The third-order valence-corrected chi connectivity index (χ3v) is 4.79. The van der Waals surface area contributed by atoms with Gasteiger partial charge in [-0.1, -0.05) is 53.5 Å². The zero-order valence-corrected chi connectivity index (χ0v) is 15.5. The van der Waals surface area contributed by atoms with Crippen LogP contribution < -0.4 is 10.6 Å². The predicted molar refractivity (Wildman–Crippen MR) is 105 cm³/mol. The normalized spacial score (nSPS) is 10.5. The second-order valence-electron chi connectivity index (χ2n) is 5.28. The van der Waals surface area contributed by atoms with Gasteiger partial charge in [0.25, 0.3) is 0 Å². The minimum Gasteiger partial charge on any atom is -0.337 e. The Hall–Kier alpha value is -2.08. The second-order valence-corrected chi connectivity index (χ2v) is 6.98. The van der Waals surface area contributed by atoms with E-state index < -0.39 is 0 Å². The van der Waals surface area contributed by atoms with Gasteiger partial charge in [0, 0.05) is 22.5 Å². The van der Waals surface area contributed by atoms with Gasteiger partial charge < -0.3 is 5.32 Å². The van der Waals surface area contributed by atoms with Crippen LogP contribution in [0, 0.1) is 0 Å². The minimum absolute atomic E-state index is 0.283. The number of amides is 2. The average molecular weight is 392 g/mol. The molecule has 0 aliphatic rings. The van der Waals surface area contributed by atoms with E-state index in [1.165, 1.54) is 16.9 Å². The summed E-state index contributed by atoms with van der Waals surface area (Å²) in [5.74, 6) is 0. The van der Waals surface area contributed by atoms with E-state index in [2.05, 4.69) is 15.6 Å². The van der Waals surface area contributed by atoms with Crippen LogP contribution in [0.15, 0.2) is 53.9 Å². The molecule has 1 heterocycles. The van der Waals surface area contributed by atoms with E-state index in [0.717, 1.165) is 12.0 Å². The molecule has 1 aromatic heterocycles. The lowest BCUT2D eigenvalue weighted by Gasteiger charge is -2.05. The lowest BCUT2D eigenvalue weighted by atomic mass is 10.1. The van der Waals surface area contributed by atoms with Crippen LogP contribution in [0.3, 0.4) is 0 Å². The third kappa shape index (κ3) is 4.95. The number of carbonyl (C=O) groups excluding carboxylic acids is 1. The van der Waals surface area contributed by atoms with E-state index in [1.807, 2.05) is 35.7 Å². The maximum Gasteiger partial charge on any atom is 0.321 e. The SMILES string of the molecule is O=C(NCCc1ccccc1)Nc1nc(-c2cc(Cl)ccc2Cl)cs1. The van der Waals surface area contributed by atoms with Crippen molar-refractivity contribution in [2.75, 3.05) is 11.9 Å². The zero-order chi connectivity index (χ0) is 17.6. The van der Waals surface area contributed by atoms with Gasteiger partial charge in [-0.05, 0) is 30.2 Å².